The van der Waals surface area contributed by atoms with Crippen LogP contribution in [0.2, 0.25) is 0 Å². The Kier molecular flexibility index (Phi) is 7.15. The molecule has 2 fully saturated rings. The fourth-order valence-electron chi connectivity index (χ4n) is 3.64. The van der Waals surface area contributed by atoms with Gasteiger partial charge in [0, 0.05) is 62.4 Å². The lowest BCUT2D eigenvalue weighted by atomic mass is 10.1. The number of nitrogens with zero attached hydrogens (tertiary/aromatic N) is 2. The van der Waals surface area contributed by atoms with Gasteiger partial charge in [-0.15, -0.1) is 0 Å². The number of aryl methyl sites for hydroxylation is 2. The highest BCUT2D eigenvalue weighted by atomic mass is 32.2. The van der Waals surface area contributed by atoms with Crippen LogP contribution in [-0.2, 0) is 9.59 Å². The topological polar surface area (TPSA) is 64.7 Å². The molecule has 1 unspecified atom stereocenters. The number of para-hydroxylation sites is 1. The predicted molar refractivity (Wildman–Crippen MR) is 111 cm³/mol. The van der Waals surface area contributed by atoms with E-state index in [2.05, 4.69) is 15.5 Å². The van der Waals surface area contributed by atoms with Crippen LogP contribution in [0.25, 0.3) is 0 Å². The van der Waals surface area contributed by atoms with Gasteiger partial charge >= 0.3 is 0 Å². The Morgan fingerprint density at radius 3 is 2.52 bits per heavy atom. The number of nitrogens with one attached hydrogen (secondary N) is 2. The Balaban J connectivity index is 1.42. The Morgan fingerprint density at radius 1 is 1.19 bits per heavy atom. The van der Waals surface area contributed by atoms with Gasteiger partial charge in [-0.25, -0.2) is 0 Å². The molecule has 2 aliphatic heterocycles. The second-order valence-corrected chi connectivity index (χ2v) is 8.55. The number of benzene rings is 1. The zero-order chi connectivity index (χ0) is 19.2. The smallest absolute Gasteiger partial charge is 0.238 e. The second-order valence-electron chi connectivity index (χ2n) is 7.40. The van der Waals surface area contributed by atoms with Crippen LogP contribution in [0.5, 0.6) is 0 Å². The van der Waals surface area contributed by atoms with Gasteiger partial charge in [0.15, 0.2) is 0 Å². The lowest BCUT2D eigenvalue weighted by Crippen LogP contribution is -2.52. The first kappa shape index (κ1) is 20.2. The molecule has 148 valence electrons. The molecule has 0 radical (unpaired) electrons. The summed E-state index contributed by atoms with van der Waals surface area (Å²) in [4.78, 5) is 29.0. The standard InChI is InChI=1S/C20H30N4O2S/c1-15-4-3-5-16(2)20(15)22-18(25)13-23-7-9-24(10-8-23)19(26)12-17-14-27-11-6-21-17/h3-5,17,21H,6-14H2,1-2H3,(H,22,25). The van der Waals surface area contributed by atoms with E-state index in [1.54, 1.807) is 0 Å². The summed E-state index contributed by atoms with van der Waals surface area (Å²) in [6, 6.07) is 6.31. The first-order valence-corrected chi connectivity index (χ1v) is 10.9. The van der Waals surface area contributed by atoms with Crippen molar-refractivity contribution >= 4 is 29.3 Å². The molecule has 2 amide bonds. The molecule has 7 heteroatoms. The fraction of sp³-hybridized carbons (Fsp3) is 0.600. The van der Waals surface area contributed by atoms with Crippen LogP contribution in [-0.4, -0.2) is 78.4 Å². The van der Waals surface area contributed by atoms with Gasteiger partial charge in [-0.3, -0.25) is 14.5 Å². The van der Waals surface area contributed by atoms with E-state index in [1.807, 2.05) is 48.7 Å². The molecule has 1 atom stereocenters. The van der Waals surface area contributed by atoms with Crippen LogP contribution in [0, 0.1) is 13.8 Å². The summed E-state index contributed by atoms with van der Waals surface area (Å²) in [6.45, 7) is 8.28. The summed E-state index contributed by atoms with van der Waals surface area (Å²) >= 11 is 1.92. The molecule has 2 heterocycles. The summed E-state index contributed by atoms with van der Waals surface area (Å²) in [6.07, 6.45) is 0.583. The molecule has 0 saturated carbocycles. The molecule has 1 aromatic carbocycles. The molecule has 2 saturated heterocycles. The van der Waals surface area contributed by atoms with E-state index in [1.165, 1.54) is 0 Å². The van der Waals surface area contributed by atoms with Crippen molar-refractivity contribution < 1.29 is 9.59 Å². The Morgan fingerprint density at radius 2 is 1.89 bits per heavy atom. The average molecular weight is 391 g/mol. The number of thioether (sulfide) groups is 1. The average Bonchev–Trinajstić information content (AvgIpc) is 2.66. The van der Waals surface area contributed by atoms with Gasteiger partial charge in [0.25, 0.3) is 0 Å². The number of piperazine rings is 1. The third-order valence-corrected chi connectivity index (χ3v) is 6.39. The highest BCUT2D eigenvalue weighted by Crippen LogP contribution is 2.19. The largest absolute Gasteiger partial charge is 0.340 e. The summed E-state index contributed by atoms with van der Waals surface area (Å²) in [7, 11) is 0. The molecule has 1 aromatic rings. The monoisotopic (exact) mass is 390 g/mol. The normalized spacial score (nSPS) is 21.1. The molecule has 6 nitrogen and oxygen atoms in total. The molecule has 0 bridgehead atoms. The Labute approximate surface area is 166 Å². The Bertz CT molecular complexity index is 648. The van der Waals surface area contributed by atoms with E-state index < -0.39 is 0 Å². The number of anilines is 1. The van der Waals surface area contributed by atoms with Crippen molar-refractivity contribution in [3.63, 3.8) is 0 Å². The molecule has 0 aromatic heterocycles. The van der Waals surface area contributed by atoms with Gasteiger partial charge in [0.2, 0.25) is 11.8 Å². The third kappa shape index (κ3) is 5.70. The van der Waals surface area contributed by atoms with E-state index in [4.69, 9.17) is 0 Å². The summed E-state index contributed by atoms with van der Waals surface area (Å²) in [5.74, 6) is 2.39. The summed E-state index contributed by atoms with van der Waals surface area (Å²) in [5, 5.41) is 6.47. The van der Waals surface area contributed by atoms with Crippen molar-refractivity contribution in [1.82, 2.24) is 15.1 Å². The van der Waals surface area contributed by atoms with Crippen LogP contribution < -0.4 is 10.6 Å². The summed E-state index contributed by atoms with van der Waals surface area (Å²) in [5.41, 5.74) is 3.07. The summed E-state index contributed by atoms with van der Waals surface area (Å²) < 4.78 is 0. The number of carbonyl (C=O) groups is 2. The molecule has 2 aliphatic rings. The quantitative estimate of drug-likeness (QED) is 0.797. The van der Waals surface area contributed by atoms with Gasteiger partial charge in [0.1, 0.15) is 0 Å². The van der Waals surface area contributed by atoms with Crippen LogP contribution in [0.3, 0.4) is 0 Å². The minimum Gasteiger partial charge on any atom is -0.340 e. The van der Waals surface area contributed by atoms with E-state index in [-0.39, 0.29) is 11.8 Å². The number of carbonyl (C=O) groups excluding carboxylic acids is 2. The van der Waals surface area contributed by atoms with E-state index in [0.29, 0.717) is 32.1 Å². The van der Waals surface area contributed by atoms with Crippen LogP contribution in [0.4, 0.5) is 5.69 Å². The minimum absolute atomic E-state index is 0.00982. The number of hydrogen-bond acceptors (Lipinski definition) is 5. The third-order valence-electron chi connectivity index (χ3n) is 5.26. The minimum atomic E-state index is 0.00982. The second kappa shape index (κ2) is 9.57. The lowest BCUT2D eigenvalue weighted by molar-refractivity contribution is -0.133. The zero-order valence-corrected chi connectivity index (χ0v) is 17.1. The highest BCUT2D eigenvalue weighted by Gasteiger charge is 2.25. The van der Waals surface area contributed by atoms with Crippen LogP contribution >= 0.6 is 11.8 Å². The van der Waals surface area contributed by atoms with E-state index >= 15 is 0 Å². The van der Waals surface area contributed by atoms with Crippen LogP contribution in [0.15, 0.2) is 18.2 Å². The number of amides is 2. The highest BCUT2D eigenvalue weighted by molar-refractivity contribution is 7.99. The Hall–Kier alpha value is -1.57. The molecule has 3 rings (SSSR count). The SMILES string of the molecule is Cc1cccc(C)c1NC(=O)CN1CCN(C(=O)CC2CSCCN2)CC1. The van der Waals surface area contributed by atoms with Gasteiger partial charge in [0.05, 0.1) is 6.54 Å². The van der Waals surface area contributed by atoms with Crippen molar-refractivity contribution in [3.8, 4) is 0 Å². The van der Waals surface area contributed by atoms with Crippen molar-refractivity contribution in [2.24, 2.45) is 0 Å². The van der Waals surface area contributed by atoms with Crippen LogP contribution in [0.1, 0.15) is 17.5 Å². The van der Waals surface area contributed by atoms with Crippen molar-refractivity contribution in [3.05, 3.63) is 29.3 Å². The molecule has 27 heavy (non-hydrogen) atoms. The van der Waals surface area contributed by atoms with E-state index in [9.17, 15) is 9.59 Å². The van der Waals surface area contributed by atoms with E-state index in [0.717, 1.165) is 48.0 Å². The van der Waals surface area contributed by atoms with Crippen molar-refractivity contribution in [1.29, 1.82) is 0 Å². The van der Waals surface area contributed by atoms with Gasteiger partial charge < -0.3 is 15.5 Å². The van der Waals surface area contributed by atoms with Crippen molar-refractivity contribution in [2.45, 2.75) is 26.3 Å². The zero-order valence-electron chi connectivity index (χ0n) is 16.3. The maximum Gasteiger partial charge on any atom is 0.238 e. The lowest BCUT2D eigenvalue weighted by Gasteiger charge is -2.35. The van der Waals surface area contributed by atoms with Gasteiger partial charge in [-0.1, -0.05) is 18.2 Å². The predicted octanol–water partition coefficient (Wildman–Crippen LogP) is 1.48. The molecular weight excluding hydrogens is 360 g/mol. The maximum atomic E-state index is 12.5. The maximum absolute atomic E-state index is 12.5. The fourth-order valence-corrected chi connectivity index (χ4v) is 4.59. The van der Waals surface area contributed by atoms with Crippen molar-refractivity contribution in [2.75, 3.05) is 56.1 Å². The first-order chi connectivity index (χ1) is 13.0. The molecule has 2 N–H and O–H groups in total. The number of hydrogen-bond donors (Lipinski definition) is 2. The van der Waals surface area contributed by atoms with Gasteiger partial charge in [-0.2, -0.15) is 11.8 Å². The molecule has 0 spiro atoms. The first-order valence-electron chi connectivity index (χ1n) is 9.70. The number of rotatable bonds is 5. The molecule has 0 aliphatic carbocycles. The molecular formula is C20H30N4O2S. The van der Waals surface area contributed by atoms with Gasteiger partial charge in [-0.05, 0) is 25.0 Å².